The number of hydrogen-bond acceptors (Lipinski definition) is 2. The van der Waals surface area contributed by atoms with Crippen molar-refractivity contribution in [1.82, 2.24) is 4.90 Å². The quantitative estimate of drug-likeness (QED) is 0.438. The van der Waals surface area contributed by atoms with Crippen LogP contribution in [-0.2, 0) is 11.3 Å². The normalized spacial score (nSPS) is 21.8. The fourth-order valence-electron chi connectivity index (χ4n) is 1.89. The van der Waals surface area contributed by atoms with Gasteiger partial charge < -0.3 is 0 Å². The van der Waals surface area contributed by atoms with Crippen LogP contribution in [0.2, 0.25) is 10.0 Å². The monoisotopic (exact) mass is 383 g/mol. The fourth-order valence-corrected chi connectivity index (χ4v) is 3.38. The van der Waals surface area contributed by atoms with Crippen LogP contribution >= 0.6 is 45.8 Å². The molecule has 1 fully saturated rings. The van der Waals surface area contributed by atoms with Crippen molar-refractivity contribution in [3.05, 3.63) is 33.8 Å². The molecule has 5 heteroatoms. The minimum Gasteiger partial charge on any atom is -0.300 e. The maximum atomic E-state index is 11.3. The summed E-state index contributed by atoms with van der Waals surface area (Å²) in [6, 6.07) is 5.54. The minimum atomic E-state index is 0.237. The molecule has 92 valence electrons. The topological polar surface area (TPSA) is 20.3 Å². The van der Waals surface area contributed by atoms with Crippen molar-refractivity contribution in [3.63, 3.8) is 0 Å². The summed E-state index contributed by atoms with van der Waals surface area (Å²) in [4.78, 5) is 13.6. The molecule has 17 heavy (non-hydrogen) atoms. The smallest absolute Gasteiger partial charge is 0.136 e. The molecule has 0 N–H and O–H groups in total. The Kier molecular flexibility index (Phi) is 4.69. The third-order valence-corrected chi connectivity index (χ3v) is 4.83. The molecular weight excluding hydrogens is 372 g/mol. The van der Waals surface area contributed by atoms with Crippen LogP contribution in [0.1, 0.15) is 18.4 Å². The van der Waals surface area contributed by atoms with Gasteiger partial charge in [-0.2, -0.15) is 0 Å². The van der Waals surface area contributed by atoms with Crippen LogP contribution in [0, 0.1) is 0 Å². The maximum absolute atomic E-state index is 11.3. The largest absolute Gasteiger partial charge is 0.300 e. The Morgan fingerprint density at radius 1 is 1.35 bits per heavy atom. The Labute approximate surface area is 124 Å². The number of likely N-dealkylation sites (tertiary alicyclic amines) is 1. The molecule has 1 aliphatic heterocycles. The van der Waals surface area contributed by atoms with Gasteiger partial charge in [0.2, 0.25) is 0 Å². The molecule has 0 spiro atoms. The van der Waals surface area contributed by atoms with Crippen LogP contribution in [0.3, 0.4) is 0 Å². The first kappa shape index (κ1) is 13.6. The number of halogens is 3. The third kappa shape index (κ3) is 3.34. The Balaban J connectivity index is 2.13. The van der Waals surface area contributed by atoms with Gasteiger partial charge in [-0.15, -0.1) is 0 Å². The molecule has 2 rings (SSSR count). The summed E-state index contributed by atoms with van der Waals surface area (Å²) in [5.74, 6) is 0.339. The van der Waals surface area contributed by atoms with Crippen LogP contribution < -0.4 is 0 Å². The SMILES string of the molecule is O=C1CCN(Cc2c(Cl)cccc2Cl)C(I)C1. The number of Topliss-reactive ketones (excluding diaryl/α,β-unsaturated/α-hetero) is 1. The Bertz CT molecular complexity index is 418. The molecule has 1 aliphatic rings. The zero-order chi connectivity index (χ0) is 12.4. The van der Waals surface area contributed by atoms with Gasteiger partial charge in [0.15, 0.2) is 0 Å². The van der Waals surface area contributed by atoms with Crippen molar-refractivity contribution in [3.8, 4) is 0 Å². The molecule has 2 nitrogen and oxygen atoms in total. The molecular formula is C12H12Cl2INO. The van der Waals surface area contributed by atoms with E-state index in [0.29, 0.717) is 35.2 Å². The molecule has 1 heterocycles. The number of rotatable bonds is 2. The van der Waals surface area contributed by atoms with Gasteiger partial charge in [-0.25, -0.2) is 0 Å². The number of hydrogen-bond donors (Lipinski definition) is 0. The minimum absolute atomic E-state index is 0.237. The highest BCUT2D eigenvalue weighted by Crippen LogP contribution is 2.29. The van der Waals surface area contributed by atoms with Gasteiger partial charge in [0, 0.05) is 41.5 Å². The molecule has 1 aromatic rings. The lowest BCUT2D eigenvalue weighted by Crippen LogP contribution is -2.38. The van der Waals surface area contributed by atoms with E-state index >= 15 is 0 Å². The zero-order valence-electron chi connectivity index (χ0n) is 9.13. The predicted molar refractivity (Wildman–Crippen MR) is 78.9 cm³/mol. The zero-order valence-corrected chi connectivity index (χ0v) is 12.8. The second-order valence-corrected chi connectivity index (χ2v) is 6.35. The van der Waals surface area contributed by atoms with Crippen molar-refractivity contribution in [2.45, 2.75) is 23.4 Å². The summed E-state index contributed by atoms with van der Waals surface area (Å²) >= 11 is 14.6. The average molecular weight is 384 g/mol. The van der Waals surface area contributed by atoms with Gasteiger partial charge in [0.25, 0.3) is 0 Å². The molecule has 1 saturated heterocycles. The van der Waals surface area contributed by atoms with Crippen LogP contribution in [-0.4, -0.2) is 21.3 Å². The van der Waals surface area contributed by atoms with E-state index < -0.39 is 0 Å². The molecule has 1 atom stereocenters. The van der Waals surface area contributed by atoms with E-state index in [9.17, 15) is 4.79 Å². The van der Waals surface area contributed by atoms with E-state index in [1.807, 2.05) is 18.2 Å². The predicted octanol–water partition coefficient (Wildman–Crippen LogP) is 3.92. The van der Waals surface area contributed by atoms with Gasteiger partial charge in [-0.3, -0.25) is 9.69 Å². The highest BCUT2D eigenvalue weighted by molar-refractivity contribution is 14.1. The first-order valence-electron chi connectivity index (χ1n) is 5.40. The van der Waals surface area contributed by atoms with E-state index in [1.165, 1.54) is 0 Å². The van der Waals surface area contributed by atoms with E-state index in [1.54, 1.807) is 0 Å². The molecule has 1 aromatic carbocycles. The first-order chi connectivity index (χ1) is 8.08. The second-order valence-electron chi connectivity index (χ2n) is 4.10. The molecule has 0 amide bonds. The van der Waals surface area contributed by atoms with E-state index in [4.69, 9.17) is 23.2 Å². The lowest BCUT2D eigenvalue weighted by molar-refractivity contribution is -0.121. The lowest BCUT2D eigenvalue weighted by atomic mass is 10.1. The Hall–Kier alpha value is 0.160. The summed E-state index contributed by atoms with van der Waals surface area (Å²) in [7, 11) is 0. The van der Waals surface area contributed by atoms with Crippen LogP contribution in [0.4, 0.5) is 0 Å². The van der Waals surface area contributed by atoms with Crippen LogP contribution in [0.5, 0.6) is 0 Å². The van der Waals surface area contributed by atoms with Crippen molar-refractivity contribution in [1.29, 1.82) is 0 Å². The van der Waals surface area contributed by atoms with E-state index in [-0.39, 0.29) is 4.05 Å². The number of carbonyl (C=O) groups is 1. The van der Waals surface area contributed by atoms with Gasteiger partial charge in [0.1, 0.15) is 5.78 Å². The summed E-state index contributed by atoms with van der Waals surface area (Å²) in [6.45, 7) is 1.49. The molecule has 0 radical (unpaired) electrons. The Morgan fingerprint density at radius 2 is 2.00 bits per heavy atom. The van der Waals surface area contributed by atoms with Crippen LogP contribution in [0.15, 0.2) is 18.2 Å². The highest BCUT2D eigenvalue weighted by atomic mass is 127. The fraction of sp³-hybridized carbons (Fsp3) is 0.417. The maximum Gasteiger partial charge on any atom is 0.136 e. The average Bonchev–Trinajstić information content (AvgIpc) is 2.26. The van der Waals surface area contributed by atoms with E-state index in [0.717, 1.165) is 12.1 Å². The van der Waals surface area contributed by atoms with Crippen molar-refractivity contribution in [2.75, 3.05) is 6.54 Å². The molecule has 0 aromatic heterocycles. The summed E-state index contributed by atoms with van der Waals surface area (Å²) in [5, 5.41) is 1.39. The summed E-state index contributed by atoms with van der Waals surface area (Å²) < 4.78 is 0.237. The second kappa shape index (κ2) is 5.87. The lowest BCUT2D eigenvalue weighted by Gasteiger charge is -2.31. The number of nitrogens with zero attached hydrogens (tertiary/aromatic N) is 1. The summed E-state index contributed by atoms with van der Waals surface area (Å²) in [6.07, 6.45) is 1.24. The molecule has 0 bridgehead atoms. The summed E-state index contributed by atoms with van der Waals surface area (Å²) in [5.41, 5.74) is 0.951. The van der Waals surface area contributed by atoms with Gasteiger partial charge in [-0.1, -0.05) is 51.9 Å². The number of alkyl halides is 1. The van der Waals surface area contributed by atoms with Crippen LogP contribution in [0.25, 0.3) is 0 Å². The van der Waals surface area contributed by atoms with Crippen molar-refractivity contribution < 1.29 is 4.79 Å². The first-order valence-corrected chi connectivity index (χ1v) is 7.41. The number of carbonyl (C=O) groups excluding carboxylic acids is 1. The van der Waals surface area contributed by atoms with Crippen molar-refractivity contribution >= 4 is 51.6 Å². The van der Waals surface area contributed by atoms with Gasteiger partial charge >= 0.3 is 0 Å². The highest BCUT2D eigenvalue weighted by Gasteiger charge is 2.25. The third-order valence-electron chi connectivity index (χ3n) is 2.89. The van der Waals surface area contributed by atoms with Gasteiger partial charge in [0.05, 0.1) is 4.05 Å². The van der Waals surface area contributed by atoms with Crippen molar-refractivity contribution in [2.24, 2.45) is 0 Å². The standard InChI is InChI=1S/C12H12Cl2INO/c13-10-2-1-3-11(14)9(10)7-16-5-4-8(17)6-12(16)15/h1-3,12H,4-7H2. The molecule has 1 unspecified atom stereocenters. The molecule has 0 saturated carbocycles. The van der Waals surface area contributed by atoms with E-state index in [2.05, 4.69) is 27.5 Å². The van der Waals surface area contributed by atoms with Gasteiger partial charge in [-0.05, 0) is 12.1 Å². The molecule has 0 aliphatic carbocycles. The Morgan fingerprint density at radius 3 is 2.59 bits per heavy atom. The number of benzene rings is 1. The number of piperidine rings is 1. The number of ketones is 1.